The fraction of sp³-hybridized carbons (Fsp3) is 0.600. The lowest BCUT2D eigenvalue weighted by Crippen LogP contribution is -2.47. The van der Waals surface area contributed by atoms with Gasteiger partial charge in [-0.1, -0.05) is 38.8 Å². The first-order chi connectivity index (χ1) is 9.28. The fourth-order valence-electron chi connectivity index (χ4n) is 2.80. The molecular formula is C15H24N2O2S. The van der Waals surface area contributed by atoms with Crippen molar-refractivity contribution in [2.45, 2.75) is 51.3 Å². The van der Waals surface area contributed by atoms with Gasteiger partial charge in [0.05, 0.1) is 5.75 Å². The second kappa shape index (κ2) is 5.74. The van der Waals surface area contributed by atoms with Crippen LogP contribution in [0.25, 0.3) is 0 Å². The van der Waals surface area contributed by atoms with Gasteiger partial charge in [0.15, 0.2) is 0 Å². The summed E-state index contributed by atoms with van der Waals surface area (Å²) < 4.78 is 27.5. The molecule has 0 spiro atoms. The summed E-state index contributed by atoms with van der Waals surface area (Å²) in [7, 11) is -3.31. The zero-order chi connectivity index (χ0) is 14.8. The van der Waals surface area contributed by atoms with E-state index in [9.17, 15) is 8.42 Å². The summed E-state index contributed by atoms with van der Waals surface area (Å²) >= 11 is 0. The monoisotopic (exact) mass is 296 g/mol. The third-order valence-corrected chi connectivity index (χ3v) is 5.52. The fourth-order valence-corrected chi connectivity index (χ4v) is 4.39. The highest BCUT2D eigenvalue weighted by molar-refractivity contribution is 7.88. The van der Waals surface area contributed by atoms with Crippen molar-refractivity contribution >= 4 is 15.7 Å². The number of nitrogen functional groups attached to an aromatic ring is 1. The Morgan fingerprint density at radius 1 is 1.25 bits per heavy atom. The number of hydrogen-bond acceptors (Lipinski definition) is 3. The maximum atomic E-state index is 12.3. The summed E-state index contributed by atoms with van der Waals surface area (Å²) in [6.07, 6.45) is 4.28. The highest BCUT2D eigenvalue weighted by atomic mass is 32.2. The van der Waals surface area contributed by atoms with Gasteiger partial charge in [-0.2, -0.15) is 0 Å². The van der Waals surface area contributed by atoms with Crippen LogP contribution in [0.1, 0.15) is 45.1 Å². The van der Waals surface area contributed by atoms with Crippen molar-refractivity contribution in [3.63, 3.8) is 0 Å². The Bertz CT molecular complexity index is 550. The first kappa shape index (κ1) is 15.3. The van der Waals surface area contributed by atoms with Gasteiger partial charge in [-0.05, 0) is 36.0 Å². The first-order valence-corrected chi connectivity index (χ1v) is 8.78. The standard InChI is InChI=1S/C15H24N2O2S/c1-15(2)10-4-3-5-14(15)17-20(18,19)11-12-6-8-13(16)9-7-12/h6-9,14,17H,3-5,10-11,16H2,1-2H3. The van der Waals surface area contributed by atoms with E-state index in [2.05, 4.69) is 18.6 Å². The second-order valence-electron chi connectivity index (χ2n) is 6.41. The van der Waals surface area contributed by atoms with Gasteiger partial charge in [0.2, 0.25) is 10.0 Å². The SMILES string of the molecule is CC1(C)CCCCC1NS(=O)(=O)Cc1ccc(N)cc1. The van der Waals surface area contributed by atoms with Gasteiger partial charge in [0.25, 0.3) is 0 Å². The van der Waals surface area contributed by atoms with E-state index < -0.39 is 10.0 Å². The second-order valence-corrected chi connectivity index (χ2v) is 8.16. The molecule has 0 amide bonds. The van der Waals surface area contributed by atoms with Gasteiger partial charge in [-0.25, -0.2) is 13.1 Å². The smallest absolute Gasteiger partial charge is 0.216 e. The van der Waals surface area contributed by atoms with E-state index in [0.717, 1.165) is 24.8 Å². The van der Waals surface area contributed by atoms with Crippen molar-refractivity contribution < 1.29 is 8.42 Å². The molecule has 112 valence electrons. The number of benzene rings is 1. The van der Waals surface area contributed by atoms with E-state index >= 15 is 0 Å². The number of nitrogens with two attached hydrogens (primary N) is 1. The number of hydrogen-bond donors (Lipinski definition) is 2. The van der Waals surface area contributed by atoms with Crippen LogP contribution in [0.3, 0.4) is 0 Å². The molecule has 0 aliphatic heterocycles. The van der Waals surface area contributed by atoms with Gasteiger partial charge in [-0.3, -0.25) is 0 Å². The Labute approximate surface area is 121 Å². The quantitative estimate of drug-likeness (QED) is 0.839. The van der Waals surface area contributed by atoms with Gasteiger partial charge in [0.1, 0.15) is 0 Å². The topological polar surface area (TPSA) is 72.2 Å². The average Bonchev–Trinajstić information content (AvgIpc) is 2.34. The molecular weight excluding hydrogens is 272 g/mol. The van der Waals surface area contributed by atoms with Crippen molar-refractivity contribution in [3.05, 3.63) is 29.8 Å². The van der Waals surface area contributed by atoms with Crippen LogP contribution in [0.4, 0.5) is 5.69 Å². The largest absolute Gasteiger partial charge is 0.399 e. The molecule has 3 N–H and O–H groups in total. The number of rotatable bonds is 4. The summed E-state index contributed by atoms with van der Waals surface area (Å²) in [6, 6.07) is 7.03. The molecule has 0 saturated heterocycles. The van der Waals surface area contributed by atoms with E-state index in [4.69, 9.17) is 5.73 Å². The maximum Gasteiger partial charge on any atom is 0.216 e. The van der Waals surface area contributed by atoms with Gasteiger partial charge in [0, 0.05) is 11.7 Å². The Balaban J connectivity index is 2.05. The molecule has 5 heteroatoms. The maximum absolute atomic E-state index is 12.3. The van der Waals surface area contributed by atoms with Crippen LogP contribution in [-0.2, 0) is 15.8 Å². The minimum absolute atomic E-state index is 0.0137. The molecule has 1 aromatic rings. The molecule has 4 nitrogen and oxygen atoms in total. The molecule has 0 bridgehead atoms. The van der Waals surface area contributed by atoms with Crippen LogP contribution in [0.2, 0.25) is 0 Å². The van der Waals surface area contributed by atoms with Crippen LogP contribution in [0.5, 0.6) is 0 Å². The Morgan fingerprint density at radius 3 is 2.50 bits per heavy atom. The lowest BCUT2D eigenvalue weighted by Gasteiger charge is -2.38. The van der Waals surface area contributed by atoms with Crippen molar-refractivity contribution in [2.75, 3.05) is 5.73 Å². The first-order valence-electron chi connectivity index (χ1n) is 7.13. The van der Waals surface area contributed by atoms with Gasteiger partial charge in [-0.15, -0.1) is 0 Å². The van der Waals surface area contributed by atoms with Crippen molar-refractivity contribution in [2.24, 2.45) is 5.41 Å². The zero-order valence-electron chi connectivity index (χ0n) is 12.2. The van der Waals surface area contributed by atoms with E-state index in [1.54, 1.807) is 24.3 Å². The van der Waals surface area contributed by atoms with Gasteiger partial charge >= 0.3 is 0 Å². The zero-order valence-corrected chi connectivity index (χ0v) is 13.0. The van der Waals surface area contributed by atoms with Crippen molar-refractivity contribution in [1.29, 1.82) is 0 Å². The molecule has 1 fully saturated rings. The van der Waals surface area contributed by atoms with Crippen molar-refractivity contribution in [1.82, 2.24) is 4.72 Å². The minimum Gasteiger partial charge on any atom is -0.399 e. The predicted octanol–water partition coefficient (Wildman–Crippen LogP) is 2.66. The Morgan fingerprint density at radius 2 is 1.90 bits per heavy atom. The van der Waals surface area contributed by atoms with E-state index in [0.29, 0.717) is 5.69 Å². The average molecular weight is 296 g/mol. The summed E-state index contributed by atoms with van der Waals surface area (Å²) in [5, 5.41) is 0. The molecule has 1 unspecified atom stereocenters. The third-order valence-electron chi connectivity index (χ3n) is 4.17. The van der Waals surface area contributed by atoms with Crippen LogP contribution >= 0.6 is 0 Å². The van der Waals surface area contributed by atoms with Gasteiger partial charge < -0.3 is 5.73 Å². The van der Waals surface area contributed by atoms with Crippen LogP contribution < -0.4 is 10.5 Å². The number of nitrogens with one attached hydrogen (secondary N) is 1. The highest BCUT2D eigenvalue weighted by Gasteiger charge is 2.34. The minimum atomic E-state index is -3.31. The number of sulfonamides is 1. The molecule has 1 aliphatic rings. The lowest BCUT2D eigenvalue weighted by molar-refractivity contribution is 0.188. The van der Waals surface area contributed by atoms with Crippen LogP contribution in [0.15, 0.2) is 24.3 Å². The molecule has 2 rings (SSSR count). The third kappa shape index (κ3) is 3.96. The molecule has 1 aliphatic carbocycles. The predicted molar refractivity (Wildman–Crippen MR) is 82.7 cm³/mol. The summed E-state index contributed by atoms with van der Waals surface area (Å²) in [5.41, 5.74) is 7.05. The highest BCUT2D eigenvalue weighted by Crippen LogP contribution is 2.35. The van der Waals surface area contributed by atoms with Crippen molar-refractivity contribution in [3.8, 4) is 0 Å². The molecule has 0 heterocycles. The lowest BCUT2D eigenvalue weighted by atomic mass is 9.74. The Kier molecular flexibility index (Phi) is 4.39. The summed E-state index contributed by atoms with van der Waals surface area (Å²) in [4.78, 5) is 0. The number of anilines is 1. The molecule has 1 atom stereocenters. The van der Waals surface area contributed by atoms with E-state index in [1.165, 1.54) is 6.42 Å². The molecule has 20 heavy (non-hydrogen) atoms. The van der Waals surface area contributed by atoms with E-state index in [-0.39, 0.29) is 17.2 Å². The summed E-state index contributed by atoms with van der Waals surface area (Å²) in [5.74, 6) is 0.0137. The molecule has 0 radical (unpaired) electrons. The molecule has 0 aromatic heterocycles. The Hall–Kier alpha value is -1.07. The van der Waals surface area contributed by atoms with Crippen LogP contribution in [-0.4, -0.2) is 14.5 Å². The van der Waals surface area contributed by atoms with E-state index in [1.807, 2.05) is 0 Å². The summed E-state index contributed by atoms with van der Waals surface area (Å²) in [6.45, 7) is 4.28. The van der Waals surface area contributed by atoms with Crippen LogP contribution in [0, 0.1) is 5.41 Å². The normalized spacial score (nSPS) is 22.6. The molecule has 1 aromatic carbocycles. The molecule has 1 saturated carbocycles.